The SMILES string of the molecule is CCC(C#N)(CC)C(=O)Nc1cc(Br)ccc1Br. The van der Waals surface area contributed by atoms with E-state index in [2.05, 4.69) is 43.2 Å². The summed E-state index contributed by atoms with van der Waals surface area (Å²) < 4.78 is 1.66. The molecule has 0 saturated carbocycles. The summed E-state index contributed by atoms with van der Waals surface area (Å²) in [7, 11) is 0. The van der Waals surface area contributed by atoms with Gasteiger partial charge in [-0.3, -0.25) is 4.79 Å². The molecule has 0 fully saturated rings. The van der Waals surface area contributed by atoms with Crippen molar-refractivity contribution in [3.05, 3.63) is 27.1 Å². The lowest BCUT2D eigenvalue weighted by atomic mass is 9.83. The van der Waals surface area contributed by atoms with Gasteiger partial charge < -0.3 is 5.32 Å². The first-order valence-electron chi connectivity index (χ1n) is 5.67. The van der Waals surface area contributed by atoms with Gasteiger partial charge in [0.15, 0.2) is 0 Å². The van der Waals surface area contributed by atoms with Crippen LogP contribution in [0.4, 0.5) is 5.69 Å². The zero-order valence-electron chi connectivity index (χ0n) is 10.3. The average molecular weight is 374 g/mol. The van der Waals surface area contributed by atoms with Crippen LogP contribution in [0.5, 0.6) is 0 Å². The van der Waals surface area contributed by atoms with Crippen molar-refractivity contribution in [1.29, 1.82) is 5.26 Å². The molecule has 1 amide bonds. The van der Waals surface area contributed by atoms with E-state index in [1.54, 1.807) is 6.07 Å². The Bertz CT molecular complexity index is 490. The topological polar surface area (TPSA) is 52.9 Å². The fourth-order valence-corrected chi connectivity index (χ4v) is 2.32. The number of rotatable bonds is 4. The van der Waals surface area contributed by atoms with E-state index in [4.69, 9.17) is 0 Å². The molecule has 1 N–H and O–H groups in total. The third-order valence-electron chi connectivity index (χ3n) is 3.03. The van der Waals surface area contributed by atoms with E-state index in [1.165, 1.54) is 0 Å². The van der Waals surface area contributed by atoms with Gasteiger partial charge in [0.2, 0.25) is 5.91 Å². The molecule has 0 bridgehead atoms. The zero-order valence-corrected chi connectivity index (χ0v) is 13.4. The Labute approximate surface area is 124 Å². The van der Waals surface area contributed by atoms with Crippen LogP contribution in [-0.4, -0.2) is 5.91 Å². The van der Waals surface area contributed by atoms with Crippen molar-refractivity contribution in [1.82, 2.24) is 0 Å². The van der Waals surface area contributed by atoms with Crippen LogP contribution in [0.3, 0.4) is 0 Å². The molecule has 0 aromatic heterocycles. The lowest BCUT2D eigenvalue weighted by Gasteiger charge is -2.22. The first kappa shape index (κ1) is 15.2. The second kappa shape index (κ2) is 6.35. The van der Waals surface area contributed by atoms with Crippen molar-refractivity contribution in [2.24, 2.45) is 5.41 Å². The fourth-order valence-electron chi connectivity index (χ4n) is 1.62. The number of nitrogens with one attached hydrogen (secondary N) is 1. The third-order valence-corrected chi connectivity index (χ3v) is 4.22. The van der Waals surface area contributed by atoms with Gasteiger partial charge in [0.25, 0.3) is 0 Å². The monoisotopic (exact) mass is 372 g/mol. The lowest BCUT2D eigenvalue weighted by molar-refractivity contribution is -0.123. The number of hydrogen-bond acceptors (Lipinski definition) is 2. The van der Waals surface area contributed by atoms with Gasteiger partial charge in [0, 0.05) is 8.95 Å². The summed E-state index contributed by atoms with van der Waals surface area (Å²) in [5.41, 5.74) is -0.294. The molecule has 0 aliphatic heterocycles. The van der Waals surface area contributed by atoms with Crippen LogP contribution >= 0.6 is 31.9 Å². The van der Waals surface area contributed by atoms with Crippen LogP contribution in [0, 0.1) is 16.7 Å². The van der Waals surface area contributed by atoms with Crippen LogP contribution in [0.1, 0.15) is 26.7 Å². The maximum Gasteiger partial charge on any atom is 0.244 e. The Morgan fingerprint density at radius 3 is 2.50 bits per heavy atom. The molecule has 0 unspecified atom stereocenters. The minimum atomic E-state index is -0.957. The minimum Gasteiger partial charge on any atom is -0.324 e. The van der Waals surface area contributed by atoms with Gasteiger partial charge >= 0.3 is 0 Å². The number of carbonyl (C=O) groups is 1. The summed E-state index contributed by atoms with van der Waals surface area (Å²) in [4.78, 5) is 12.2. The van der Waals surface area contributed by atoms with Crippen molar-refractivity contribution in [3.8, 4) is 6.07 Å². The van der Waals surface area contributed by atoms with E-state index in [0.717, 1.165) is 8.95 Å². The molecule has 0 spiro atoms. The van der Waals surface area contributed by atoms with Gasteiger partial charge in [0.1, 0.15) is 5.41 Å². The van der Waals surface area contributed by atoms with Gasteiger partial charge in [-0.05, 0) is 47.0 Å². The largest absolute Gasteiger partial charge is 0.324 e. The molecule has 0 radical (unpaired) electrons. The molecule has 0 saturated heterocycles. The molecule has 0 aliphatic rings. The van der Waals surface area contributed by atoms with Crippen molar-refractivity contribution >= 4 is 43.5 Å². The molecular weight excluding hydrogens is 360 g/mol. The Hall–Kier alpha value is -0.860. The first-order chi connectivity index (χ1) is 8.49. The maximum absolute atomic E-state index is 12.2. The number of nitriles is 1. The fraction of sp³-hybridized carbons (Fsp3) is 0.385. The van der Waals surface area contributed by atoms with Gasteiger partial charge in [-0.25, -0.2) is 0 Å². The van der Waals surface area contributed by atoms with E-state index in [-0.39, 0.29) is 5.91 Å². The smallest absolute Gasteiger partial charge is 0.244 e. The number of amides is 1. The maximum atomic E-state index is 12.2. The molecule has 1 aromatic rings. The number of carbonyl (C=O) groups excluding carboxylic acids is 1. The van der Waals surface area contributed by atoms with E-state index in [9.17, 15) is 10.1 Å². The van der Waals surface area contributed by atoms with Crippen molar-refractivity contribution in [2.45, 2.75) is 26.7 Å². The highest BCUT2D eigenvalue weighted by Crippen LogP contribution is 2.31. The second-order valence-electron chi connectivity index (χ2n) is 3.98. The predicted molar refractivity (Wildman–Crippen MR) is 79.1 cm³/mol. The predicted octanol–water partition coefficient (Wildman–Crippen LogP) is 4.48. The van der Waals surface area contributed by atoms with Gasteiger partial charge in [-0.15, -0.1) is 0 Å². The molecular formula is C13H14Br2N2O. The average Bonchev–Trinajstić information content (AvgIpc) is 2.37. The van der Waals surface area contributed by atoms with E-state index < -0.39 is 5.41 Å². The Morgan fingerprint density at radius 2 is 2.00 bits per heavy atom. The Morgan fingerprint density at radius 1 is 1.39 bits per heavy atom. The molecule has 0 atom stereocenters. The van der Waals surface area contributed by atoms with Crippen LogP contribution in [0.25, 0.3) is 0 Å². The van der Waals surface area contributed by atoms with Crippen LogP contribution in [0.15, 0.2) is 27.1 Å². The Kier molecular flexibility index (Phi) is 5.36. The van der Waals surface area contributed by atoms with Gasteiger partial charge in [-0.1, -0.05) is 29.8 Å². The normalized spacial score (nSPS) is 10.8. The third kappa shape index (κ3) is 3.12. The van der Waals surface area contributed by atoms with Crippen LogP contribution < -0.4 is 5.32 Å². The lowest BCUT2D eigenvalue weighted by Crippen LogP contribution is -2.34. The summed E-state index contributed by atoms with van der Waals surface area (Å²) in [5.74, 6) is -0.256. The number of benzene rings is 1. The Balaban J connectivity index is 3.01. The number of hydrogen-bond donors (Lipinski definition) is 1. The molecule has 1 aromatic carbocycles. The first-order valence-corrected chi connectivity index (χ1v) is 7.25. The minimum absolute atomic E-state index is 0.256. The van der Waals surface area contributed by atoms with Crippen molar-refractivity contribution in [3.63, 3.8) is 0 Å². The molecule has 96 valence electrons. The summed E-state index contributed by atoms with van der Waals surface area (Å²) >= 11 is 6.72. The molecule has 1 rings (SSSR count). The number of halogens is 2. The van der Waals surface area contributed by atoms with Gasteiger partial charge in [0.05, 0.1) is 11.8 Å². The summed E-state index contributed by atoms with van der Waals surface area (Å²) in [6.45, 7) is 3.70. The van der Waals surface area contributed by atoms with Crippen LogP contribution in [-0.2, 0) is 4.79 Å². The highest BCUT2D eigenvalue weighted by molar-refractivity contribution is 9.11. The molecule has 18 heavy (non-hydrogen) atoms. The second-order valence-corrected chi connectivity index (χ2v) is 5.75. The van der Waals surface area contributed by atoms with E-state index in [0.29, 0.717) is 18.5 Å². The van der Waals surface area contributed by atoms with Crippen molar-refractivity contribution < 1.29 is 4.79 Å². The summed E-state index contributed by atoms with van der Waals surface area (Å²) in [5, 5.41) is 12.0. The molecule has 0 heterocycles. The van der Waals surface area contributed by atoms with E-state index in [1.807, 2.05) is 26.0 Å². The van der Waals surface area contributed by atoms with Crippen LogP contribution in [0.2, 0.25) is 0 Å². The molecule has 3 nitrogen and oxygen atoms in total. The molecule has 5 heteroatoms. The quantitative estimate of drug-likeness (QED) is 0.845. The zero-order chi connectivity index (χ0) is 13.8. The summed E-state index contributed by atoms with van der Waals surface area (Å²) in [6.07, 6.45) is 0.995. The van der Waals surface area contributed by atoms with Crippen molar-refractivity contribution in [2.75, 3.05) is 5.32 Å². The number of nitrogens with zero attached hydrogens (tertiary/aromatic N) is 1. The highest BCUT2D eigenvalue weighted by Gasteiger charge is 2.35. The summed E-state index contributed by atoms with van der Waals surface area (Å²) in [6, 6.07) is 7.64. The number of anilines is 1. The standard InChI is InChI=1S/C13H14Br2N2O/c1-3-13(4-2,8-16)12(18)17-11-7-9(14)5-6-10(11)15/h5-7H,3-4H2,1-2H3,(H,17,18). The van der Waals surface area contributed by atoms with Gasteiger partial charge in [-0.2, -0.15) is 5.26 Å². The molecule has 0 aliphatic carbocycles. The van der Waals surface area contributed by atoms with E-state index >= 15 is 0 Å². The highest BCUT2D eigenvalue weighted by atomic mass is 79.9.